The van der Waals surface area contributed by atoms with Crippen LogP contribution in [0.4, 0.5) is 9.18 Å². The molecule has 3 N–H and O–H groups in total. The number of aliphatic hydroxyl groups excluding tert-OH is 1. The van der Waals surface area contributed by atoms with E-state index in [1.54, 1.807) is 37.9 Å². The van der Waals surface area contributed by atoms with E-state index in [9.17, 15) is 28.4 Å². The first-order chi connectivity index (χ1) is 25.4. The molecular weight excluding hydrogens is 697 g/mol. The summed E-state index contributed by atoms with van der Waals surface area (Å²) in [5.74, 6) is -0.306. The van der Waals surface area contributed by atoms with Crippen molar-refractivity contribution in [3.8, 4) is 0 Å². The lowest BCUT2D eigenvalue weighted by Crippen LogP contribution is -2.52. The summed E-state index contributed by atoms with van der Waals surface area (Å²) in [6.07, 6.45) is 1.20. The standard InChI is InChI=1S/C18H32FN3O4.C14H21NO2.C5H11NO2.C3H8/c1-6-12(2)18(21(4)17(25)9-20-11-23)15(26-5)8-16(24)22-10-14(19)7-13(22)3;1-11(2)12(3)15(4)14(16)17-10-13-8-6-5-7-9-13;1-4(3-7)5(8)6-2;1-3-2/h11-15,18H,6-10H2,1-5H3,(H,20,23);5-9,11-12H,10H2,1-4H3;4,7H,3H2,1-2H3,(H,6,8);3H2,1-2H3. The molecule has 54 heavy (non-hydrogen) atoms. The Balaban J connectivity index is 0. The minimum absolute atomic E-state index is 0.0837. The van der Waals surface area contributed by atoms with Crippen LogP contribution in [0.3, 0.4) is 0 Å². The molecule has 14 heteroatoms. The second-order valence-corrected chi connectivity index (χ2v) is 14.1. The Hall–Kier alpha value is -3.78. The van der Waals surface area contributed by atoms with Crippen molar-refractivity contribution in [3.63, 3.8) is 0 Å². The number of aliphatic hydroxyl groups is 1. The highest BCUT2D eigenvalue weighted by atomic mass is 19.1. The number of likely N-dealkylation sites (N-methyl/N-ethyl adjacent to an activating group) is 1. The normalized spacial score (nSPS) is 17.3. The lowest BCUT2D eigenvalue weighted by Gasteiger charge is -2.38. The van der Waals surface area contributed by atoms with Crippen molar-refractivity contribution < 1.29 is 42.9 Å². The van der Waals surface area contributed by atoms with Gasteiger partial charge in [0.1, 0.15) is 12.8 Å². The SMILES string of the molecule is CC(C)C(C)N(C)C(=O)OCc1ccccc1.CCC.CCC(C)C(C(CC(=O)N1CC(F)CC1C)OC)N(C)C(=O)CNC=O.CNC(=O)C(C)CO. The maximum atomic E-state index is 13.6. The number of ether oxygens (including phenoxy) is 2. The number of carbonyl (C=O) groups excluding carboxylic acids is 5. The number of halogens is 1. The molecule has 0 radical (unpaired) electrons. The zero-order valence-electron chi connectivity index (χ0n) is 35.3. The Morgan fingerprint density at radius 3 is 2.02 bits per heavy atom. The van der Waals surface area contributed by atoms with Crippen LogP contribution in [0.25, 0.3) is 0 Å². The van der Waals surface area contributed by atoms with Crippen molar-refractivity contribution in [2.24, 2.45) is 17.8 Å². The summed E-state index contributed by atoms with van der Waals surface area (Å²) in [7, 11) is 6.49. The van der Waals surface area contributed by atoms with Crippen molar-refractivity contribution in [3.05, 3.63) is 35.9 Å². The second kappa shape index (κ2) is 29.6. The molecule has 0 spiro atoms. The molecule has 312 valence electrons. The second-order valence-electron chi connectivity index (χ2n) is 14.1. The molecular formula is C40H72FN5O8. The average Bonchev–Trinajstić information content (AvgIpc) is 3.52. The number of alkyl halides is 1. The molecule has 2 rings (SSSR count). The van der Waals surface area contributed by atoms with Gasteiger partial charge in [0.25, 0.3) is 0 Å². The minimum Gasteiger partial charge on any atom is -0.445 e. The summed E-state index contributed by atoms with van der Waals surface area (Å²) in [6.45, 7) is 18.2. The number of methoxy groups -OCH3 is 1. The fourth-order valence-corrected chi connectivity index (χ4v) is 5.37. The van der Waals surface area contributed by atoms with E-state index >= 15 is 0 Å². The van der Waals surface area contributed by atoms with E-state index < -0.39 is 12.3 Å². The Kier molecular flexibility index (Phi) is 28.6. The quantitative estimate of drug-likeness (QED) is 0.197. The highest BCUT2D eigenvalue weighted by Gasteiger charge is 2.38. The lowest BCUT2D eigenvalue weighted by atomic mass is 9.90. The summed E-state index contributed by atoms with van der Waals surface area (Å²) in [5.41, 5.74) is 1.01. The number of carbonyl (C=O) groups is 5. The van der Waals surface area contributed by atoms with Gasteiger partial charge in [0.15, 0.2) is 0 Å². The average molecular weight is 770 g/mol. The topological polar surface area (TPSA) is 158 Å². The fourth-order valence-electron chi connectivity index (χ4n) is 5.37. The first kappa shape index (κ1) is 52.3. The molecule has 1 heterocycles. The highest BCUT2D eigenvalue weighted by molar-refractivity contribution is 5.81. The summed E-state index contributed by atoms with van der Waals surface area (Å²) < 4.78 is 24.4. The van der Waals surface area contributed by atoms with Crippen molar-refractivity contribution in [1.82, 2.24) is 25.3 Å². The number of hydrogen-bond acceptors (Lipinski definition) is 8. The van der Waals surface area contributed by atoms with Gasteiger partial charge in [-0.3, -0.25) is 19.2 Å². The minimum atomic E-state index is -0.987. The maximum absolute atomic E-state index is 13.6. The van der Waals surface area contributed by atoms with Crippen LogP contribution in [0.1, 0.15) is 93.6 Å². The first-order valence-electron chi connectivity index (χ1n) is 19.1. The number of rotatable bonds is 16. The van der Waals surface area contributed by atoms with E-state index in [2.05, 4.69) is 38.3 Å². The molecule has 5 amide bonds. The number of amides is 5. The molecule has 0 aromatic heterocycles. The van der Waals surface area contributed by atoms with Crippen LogP contribution in [0, 0.1) is 17.8 Å². The van der Waals surface area contributed by atoms with Crippen LogP contribution in [0.15, 0.2) is 30.3 Å². The molecule has 13 nitrogen and oxygen atoms in total. The van der Waals surface area contributed by atoms with Gasteiger partial charge in [-0.1, -0.05) is 91.6 Å². The van der Waals surface area contributed by atoms with Gasteiger partial charge >= 0.3 is 6.09 Å². The Labute approximate surface area is 324 Å². The predicted octanol–water partition coefficient (Wildman–Crippen LogP) is 5.05. The van der Waals surface area contributed by atoms with Gasteiger partial charge < -0.3 is 39.9 Å². The Morgan fingerprint density at radius 2 is 1.61 bits per heavy atom. The van der Waals surface area contributed by atoms with Gasteiger partial charge in [-0.25, -0.2) is 9.18 Å². The molecule has 1 saturated heterocycles. The van der Waals surface area contributed by atoms with E-state index in [0.29, 0.717) is 25.4 Å². The zero-order valence-corrected chi connectivity index (χ0v) is 35.3. The van der Waals surface area contributed by atoms with Crippen LogP contribution < -0.4 is 10.6 Å². The van der Waals surface area contributed by atoms with E-state index in [4.69, 9.17) is 14.6 Å². The smallest absolute Gasteiger partial charge is 0.410 e. The van der Waals surface area contributed by atoms with E-state index in [1.165, 1.54) is 18.4 Å². The number of hydrogen-bond donors (Lipinski definition) is 3. The Bertz CT molecular complexity index is 1190. The maximum Gasteiger partial charge on any atom is 0.410 e. The van der Waals surface area contributed by atoms with Gasteiger partial charge in [0.2, 0.25) is 24.1 Å². The molecule has 1 fully saturated rings. The van der Waals surface area contributed by atoms with Crippen LogP contribution >= 0.6 is 0 Å². The molecule has 0 bridgehead atoms. The molecule has 0 saturated carbocycles. The predicted molar refractivity (Wildman–Crippen MR) is 211 cm³/mol. The van der Waals surface area contributed by atoms with Crippen molar-refractivity contribution in [2.75, 3.05) is 47.9 Å². The van der Waals surface area contributed by atoms with E-state index in [1.807, 2.05) is 58.0 Å². The Morgan fingerprint density at radius 1 is 1.04 bits per heavy atom. The van der Waals surface area contributed by atoms with Gasteiger partial charge in [-0.15, -0.1) is 0 Å². The largest absolute Gasteiger partial charge is 0.445 e. The molecule has 1 aliphatic rings. The number of likely N-dealkylation sites (tertiary alicyclic amines) is 1. The molecule has 7 unspecified atom stereocenters. The molecule has 1 aliphatic heterocycles. The lowest BCUT2D eigenvalue weighted by molar-refractivity contribution is -0.142. The summed E-state index contributed by atoms with van der Waals surface area (Å²) >= 11 is 0. The molecule has 0 aliphatic carbocycles. The van der Waals surface area contributed by atoms with Gasteiger partial charge in [-0.05, 0) is 31.2 Å². The molecule has 1 aromatic rings. The van der Waals surface area contributed by atoms with Crippen molar-refractivity contribution in [1.29, 1.82) is 0 Å². The van der Waals surface area contributed by atoms with Crippen LogP contribution in [-0.2, 0) is 35.3 Å². The zero-order chi connectivity index (χ0) is 42.0. The molecule has 7 atom stereocenters. The highest BCUT2D eigenvalue weighted by Crippen LogP contribution is 2.25. The summed E-state index contributed by atoms with van der Waals surface area (Å²) in [6, 6.07) is 9.42. The monoisotopic (exact) mass is 770 g/mol. The van der Waals surface area contributed by atoms with Crippen molar-refractivity contribution >= 4 is 30.2 Å². The number of nitrogens with one attached hydrogen (secondary N) is 2. The third-order valence-corrected chi connectivity index (χ3v) is 9.34. The fraction of sp³-hybridized carbons (Fsp3) is 0.725. The van der Waals surface area contributed by atoms with Crippen LogP contribution in [0.2, 0.25) is 0 Å². The van der Waals surface area contributed by atoms with E-state index in [0.717, 1.165) is 12.0 Å². The first-order valence-corrected chi connectivity index (χ1v) is 19.1. The summed E-state index contributed by atoms with van der Waals surface area (Å²) in [5, 5.41) is 13.2. The van der Waals surface area contributed by atoms with Crippen molar-refractivity contribution in [2.45, 2.75) is 125 Å². The molecule has 1 aromatic carbocycles. The third-order valence-electron chi connectivity index (χ3n) is 9.34. The number of nitrogens with zero attached hydrogens (tertiary/aromatic N) is 3. The van der Waals surface area contributed by atoms with Gasteiger partial charge in [0, 0.05) is 46.8 Å². The van der Waals surface area contributed by atoms with Crippen LogP contribution in [0.5, 0.6) is 0 Å². The summed E-state index contributed by atoms with van der Waals surface area (Å²) in [4.78, 5) is 62.4. The third kappa shape index (κ3) is 20.1. The number of benzene rings is 1. The van der Waals surface area contributed by atoms with Crippen LogP contribution in [-0.4, -0.2) is 128 Å². The van der Waals surface area contributed by atoms with E-state index in [-0.39, 0.29) is 79.9 Å². The van der Waals surface area contributed by atoms with Gasteiger partial charge in [-0.2, -0.15) is 0 Å². The van der Waals surface area contributed by atoms with Gasteiger partial charge in [0.05, 0.1) is 44.2 Å².